The van der Waals surface area contributed by atoms with Crippen molar-refractivity contribution >= 4 is 32.8 Å². The average Bonchev–Trinajstić information content (AvgIpc) is 3.43. The van der Waals surface area contributed by atoms with E-state index < -0.39 is 21.7 Å². The van der Waals surface area contributed by atoms with Crippen LogP contribution in [0.25, 0.3) is 11.0 Å². The number of halogens is 2. The van der Waals surface area contributed by atoms with Gasteiger partial charge in [-0.15, -0.1) is 0 Å². The zero-order chi connectivity index (χ0) is 23.6. The molecule has 1 aromatic heterocycles. The zero-order valence-corrected chi connectivity index (χ0v) is 20.6. The van der Waals surface area contributed by atoms with Crippen LogP contribution >= 0.6 is 11.8 Å². The van der Waals surface area contributed by atoms with Gasteiger partial charge in [0.2, 0.25) is 10.0 Å². The molecule has 1 aliphatic carbocycles. The van der Waals surface area contributed by atoms with E-state index in [2.05, 4.69) is 4.57 Å². The first-order chi connectivity index (χ1) is 15.8. The minimum atomic E-state index is -3.61. The van der Waals surface area contributed by atoms with Gasteiger partial charge >= 0.3 is 0 Å². The molecule has 33 heavy (non-hydrogen) atoms. The summed E-state index contributed by atoms with van der Waals surface area (Å²) in [5, 5.41) is 0.661. The summed E-state index contributed by atoms with van der Waals surface area (Å²) >= 11 is 1.28. The number of fused-ring (bicyclic) bond motifs is 1. The summed E-state index contributed by atoms with van der Waals surface area (Å²) in [7, 11) is -2.02. The topological polar surface area (TPSA) is 55.2 Å². The second-order valence-electron chi connectivity index (χ2n) is 8.52. The first kappa shape index (κ1) is 24.2. The summed E-state index contributed by atoms with van der Waals surface area (Å²) < 4.78 is 57.9. The third-order valence-electron chi connectivity index (χ3n) is 6.26. The number of aromatic nitrogens is 2. The minimum Gasteiger partial charge on any atom is -0.316 e. The number of unbranched alkanes of at least 4 members (excludes halogenated alkanes) is 1. The molecule has 0 aliphatic heterocycles. The molecule has 4 rings (SSSR count). The number of nitrogens with zero attached hydrogens (tertiary/aromatic N) is 3. The molecule has 0 atom stereocenters. The Morgan fingerprint density at radius 3 is 2.52 bits per heavy atom. The molecule has 2 aromatic carbocycles. The van der Waals surface area contributed by atoms with Crippen LogP contribution in [0, 0.1) is 11.6 Å². The van der Waals surface area contributed by atoms with E-state index in [1.54, 1.807) is 19.2 Å². The normalized spacial score (nSPS) is 15.2. The Labute approximate surface area is 198 Å². The fourth-order valence-electron chi connectivity index (χ4n) is 4.32. The molecule has 5 nitrogen and oxygen atoms in total. The van der Waals surface area contributed by atoms with Gasteiger partial charge in [-0.05, 0) is 49.6 Å². The van der Waals surface area contributed by atoms with E-state index in [9.17, 15) is 17.2 Å². The van der Waals surface area contributed by atoms with Crippen molar-refractivity contribution in [1.29, 1.82) is 0 Å². The number of rotatable bonds is 9. The van der Waals surface area contributed by atoms with E-state index >= 15 is 0 Å². The first-order valence-corrected chi connectivity index (χ1v) is 13.8. The zero-order valence-electron chi connectivity index (χ0n) is 18.9. The van der Waals surface area contributed by atoms with Crippen molar-refractivity contribution < 1.29 is 17.2 Å². The standard InChI is InChI=1S/C24H29F2N3O2S2/c1-3-4-14-28(2)33(30,31)18-12-13-23-22(15-18)27-24(29(23)17-8-5-6-9-17)32-16-19-20(25)10-7-11-21(19)26/h7,10-13,15,17H,3-6,8-9,14,16H2,1-2H3. The molecule has 1 aliphatic rings. The lowest BCUT2D eigenvalue weighted by atomic mass is 10.2. The Bertz CT molecular complexity index is 1220. The summed E-state index contributed by atoms with van der Waals surface area (Å²) in [6, 6.07) is 9.18. The molecule has 0 spiro atoms. The van der Waals surface area contributed by atoms with Gasteiger partial charge in [0.25, 0.3) is 0 Å². The monoisotopic (exact) mass is 493 g/mol. The average molecular weight is 494 g/mol. The third-order valence-corrected chi connectivity index (χ3v) is 9.09. The van der Waals surface area contributed by atoms with E-state index in [-0.39, 0.29) is 22.3 Å². The lowest BCUT2D eigenvalue weighted by Crippen LogP contribution is -2.27. The summed E-state index contributed by atoms with van der Waals surface area (Å²) in [5.74, 6) is -1.04. The Balaban J connectivity index is 1.71. The number of hydrogen-bond donors (Lipinski definition) is 0. The summed E-state index contributed by atoms with van der Waals surface area (Å²) in [4.78, 5) is 4.93. The van der Waals surface area contributed by atoms with Crippen molar-refractivity contribution in [2.45, 2.75) is 67.3 Å². The number of hydrogen-bond acceptors (Lipinski definition) is 4. The van der Waals surface area contributed by atoms with Gasteiger partial charge in [-0.25, -0.2) is 26.5 Å². The van der Waals surface area contributed by atoms with Crippen LogP contribution in [0.15, 0.2) is 46.5 Å². The molecular formula is C24H29F2N3O2S2. The fourth-order valence-corrected chi connectivity index (χ4v) is 6.65. The maximum absolute atomic E-state index is 14.2. The van der Waals surface area contributed by atoms with E-state index in [1.165, 1.54) is 34.3 Å². The van der Waals surface area contributed by atoms with Crippen LogP contribution < -0.4 is 0 Å². The van der Waals surface area contributed by atoms with Crippen LogP contribution in [0.5, 0.6) is 0 Å². The number of benzene rings is 2. The van der Waals surface area contributed by atoms with Crippen molar-refractivity contribution in [1.82, 2.24) is 13.9 Å². The largest absolute Gasteiger partial charge is 0.316 e. The van der Waals surface area contributed by atoms with Gasteiger partial charge in [0.15, 0.2) is 5.16 Å². The van der Waals surface area contributed by atoms with Gasteiger partial charge in [-0.3, -0.25) is 0 Å². The van der Waals surface area contributed by atoms with Gasteiger partial charge in [0.05, 0.1) is 15.9 Å². The van der Waals surface area contributed by atoms with E-state index in [0.717, 1.165) is 44.0 Å². The lowest BCUT2D eigenvalue weighted by molar-refractivity contribution is 0.459. The van der Waals surface area contributed by atoms with Crippen LogP contribution in [0.2, 0.25) is 0 Å². The molecule has 1 fully saturated rings. The predicted molar refractivity (Wildman–Crippen MR) is 128 cm³/mol. The van der Waals surface area contributed by atoms with Crippen LogP contribution in [0.3, 0.4) is 0 Å². The molecule has 9 heteroatoms. The van der Waals surface area contributed by atoms with E-state index in [0.29, 0.717) is 17.2 Å². The number of sulfonamides is 1. The first-order valence-electron chi connectivity index (χ1n) is 11.4. The molecule has 0 bridgehead atoms. The molecule has 0 N–H and O–H groups in total. The SMILES string of the molecule is CCCCN(C)S(=O)(=O)c1ccc2c(c1)nc(SCc1c(F)cccc1F)n2C1CCCC1. The van der Waals surface area contributed by atoms with Crippen LogP contribution in [0.4, 0.5) is 8.78 Å². The van der Waals surface area contributed by atoms with Crippen LogP contribution in [-0.4, -0.2) is 35.9 Å². The highest BCUT2D eigenvalue weighted by molar-refractivity contribution is 7.98. The van der Waals surface area contributed by atoms with Crippen molar-refractivity contribution in [2.24, 2.45) is 0 Å². The predicted octanol–water partition coefficient (Wildman–Crippen LogP) is 6.14. The van der Waals surface area contributed by atoms with Crippen molar-refractivity contribution in [2.75, 3.05) is 13.6 Å². The van der Waals surface area contributed by atoms with Gasteiger partial charge in [-0.2, -0.15) is 0 Å². The highest BCUT2D eigenvalue weighted by Gasteiger charge is 2.26. The molecule has 0 amide bonds. The Morgan fingerprint density at radius 2 is 1.85 bits per heavy atom. The number of thioether (sulfide) groups is 1. The maximum Gasteiger partial charge on any atom is 0.242 e. The fraction of sp³-hybridized carbons (Fsp3) is 0.458. The van der Waals surface area contributed by atoms with Gasteiger partial charge < -0.3 is 4.57 Å². The molecule has 0 unspecified atom stereocenters. The Morgan fingerprint density at radius 1 is 1.15 bits per heavy atom. The molecule has 178 valence electrons. The summed E-state index contributed by atoms with van der Waals surface area (Å²) in [6.07, 6.45) is 5.95. The van der Waals surface area contributed by atoms with E-state index in [1.807, 2.05) is 13.0 Å². The van der Waals surface area contributed by atoms with Crippen molar-refractivity contribution in [3.8, 4) is 0 Å². The Hall–Kier alpha value is -1.97. The molecular weight excluding hydrogens is 464 g/mol. The van der Waals surface area contributed by atoms with Crippen LogP contribution in [0.1, 0.15) is 57.1 Å². The van der Waals surface area contributed by atoms with Gasteiger partial charge in [-0.1, -0.05) is 44.0 Å². The maximum atomic E-state index is 14.2. The van der Waals surface area contributed by atoms with Gasteiger partial charge in [0.1, 0.15) is 11.6 Å². The highest BCUT2D eigenvalue weighted by Crippen LogP contribution is 2.38. The Kier molecular flexibility index (Phi) is 7.40. The minimum absolute atomic E-state index is 0.0216. The third kappa shape index (κ3) is 4.95. The molecule has 0 radical (unpaired) electrons. The smallest absolute Gasteiger partial charge is 0.242 e. The number of imidazole rings is 1. The second-order valence-corrected chi connectivity index (χ2v) is 11.5. The quantitative estimate of drug-likeness (QED) is 0.336. The molecule has 1 heterocycles. The van der Waals surface area contributed by atoms with Crippen molar-refractivity contribution in [3.05, 3.63) is 53.6 Å². The molecule has 1 saturated carbocycles. The van der Waals surface area contributed by atoms with Gasteiger partial charge in [0, 0.05) is 31.0 Å². The van der Waals surface area contributed by atoms with Crippen LogP contribution in [-0.2, 0) is 15.8 Å². The summed E-state index contributed by atoms with van der Waals surface area (Å²) in [5.41, 5.74) is 1.46. The second kappa shape index (κ2) is 10.1. The van der Waals surface area contributed by atoms with E-state index in [4.69, 9.17) is 4.98 Å². The molecule has 3 aromatic rings. The molecule has 0 saturated heterocycles. The highest BCUT2D eigenvalue weighted by atomic mass is 32.2. The lowest BCUT2D eigenvalue weighted by Gasteiger charge is -2.18. The summed E-state index contributed by atoms with van der Waals surface area (Å²) in [6.45, 7) is 2.48. The van der Waals surface area contributed by atoms with Crippen molar-refractivity contribution in [3.63, 3.8) is 0 Å².